The molecule has 1 unspecified atom stereocenters. The van der Waals surface area contributed by atoms with Gasteiger partial charge in [0.25, 0.3) is 0 Å². The Bertz CT molecular complexity index is 393. The van der Waals surface area contributed by atoms with Crippen molar-refractivity contribution < 1.29 is 4.39 Å². The maximum atomic E-state index is 14.0. The van der Waals surface area contributed by atoms with E-state index in [4.69, 9.17) is 5.73 Å². The van der Waals surface area contributed by atoms with Gasteiger partial charge in [-0.15, -0.1) is 0 Å². The molecule has 0 aromatic heterocycles. The first kappa shape index (κ1) is 13.0. The second-order valence-electron chi connectivity index (χ2n) is 4.48. The van der Waals surface area contributed by atoms with Crippen LogP contribution in [0.15, 0.2) is 22.7 Å². The summed E-state index contributed by atoms with van der Waals surface area (Å²) in [5, 5.41) is 0. The first-order valence-electron chi connectivity index (χ1n) is 6.08. The second kappa shape index (κ2) is 5.46. The van der Waals surface area contributed by atoms with Gasteiger partial charge in [-0.05, 0) is 31.5 Å². The minimum absolute atomic E-state index is 0.000556. The third-order valence-electron chi connectivity index (χ3n) is 3.33. The highest BCUT2D eigenvalue weighted by atomic mass is 79.9. The van der Waals surface area contributed by atoms with Crippen molar-refractivity contribution >= 4 is 15.9 Å². The van der Waals surface area contributed by atoms with E-state index >= 15 is 0 Å². The molecule has 1 atom stereocenters. The van der Waals surface area contributed by atoms with Gasteiger partial charge in [-0.1, -0.05) is 28.9 Å². The van der Waals surface area contributed by atoms with Crippen LogP contribution in [0.25, 0.3) is 0 Å². The van der Waals surface area contributed by atoms with Gasteiger partial charge in [0.1, 0.15) is 5.82 Å². The van der Waals surface area contributed by atoms with Gasteiger partial charge in [-0.2, -0.15) is 0 Å². The molecule has 1 aromatic carbocycles. The Hall–Kier alpha value is -0.450. The Kier molecular flexibility index (Phi) is 4.17. The fraction of sp³-hybridized carbons (Fsp3) is 0.538. The van der Waals surface area contributed by atoms with Crippen molar-refractivity contribution in [3.8, 4) is 0 Å². The molecule has 0 heterocycles. The summed E-state index contributed by atoms with van der Waals surface area (Å²) in [6, 6.07) is 5.82. The molecule has 17 heavy (non-hydrogen) atoms. The van der Waals surface area contributed by atoms with Crippen LogP contribution in [0.2, 0.25) is 0 Å². The summed E-state index contributed by atoms with van der Waals surface area (Å²) in [6.07, 6.45) is 2.42. The van der Waals surface area contributed by atoms with Gasteiger partial charge < -0.3 is 5.73 Å². The van der Waals surface area contributed by atoms with Gasteiger partial charge in [0.15, 0.2) is 0 Å². The lowest BCUT2D eigenvalue weighted by Crippen LogP contribution is -2.35. The van der Waals surface area contributed by atoms with E-state index in [-0.39, 0.29) is 11.9 Å². The number of halogens is 2. The summed E-state index contributed by atoms with van der Waals surface area (Å²) in [5.41, 5.74) is 6.55. The number of hydrogen-bond donors (Lipinski definition) is 1. The van der Waals surface area contributed by atoms with Gasteiger partial charge in [-0.3, -0.25) is 4.90 Å². The molecule has 0 radical (unpaired) electrons. The van der Waals surface area contributed by atoms with Crippen molar-refractivity contribution in [3.63, 3.8) is 0 Å². The fourth-order valence-corrected chi connectivity index (χ4v) is 2.69. The molecule has 1 aromatic rings. The van der Waals surface area contributed by atoms with E-state index in [1.165, 1.54) is 18.9 Å². The summed E-state index contributed by atoms with van der Waals surface area (Å²) in [6.45, 7) is 3.49. The van der Waals surface area contributed by atoms with Crippen LogP contribution in [-0.4, -0.2) is 24.0 Å². The molecule has 0 saturated heterocycles. The molecule has 1 aliphatic carbocycles. The van der Waals surface area contributed by atoms with Crippen LogP contribution in [0.1, 0.15) is 31.4 Å². The number of rotatable bonds is 5. The molecule has 2 N–H and O–H groups in total. The standard InChI is InChI=1S/C13H18BrFN2/c1-2-17(10-4-5-10)13(8-16)11-6-3-9(14)7-12(11)15/h3,6-7,10,13H,2,4-5,8,16H2,1H3. The Labute approximate surface area is 110 Å². The highest BCUT2D eigenvalue weighted by Crippen LogP contribution is 2.34. The third kappa shape index (κ3) is 2.87. The van der Waals surface area contributed by atoms with E-state index in [1.54, 1.807) is 0 Å². The molecular formula is C13H18BrFN2. The summed E-state index contributed by atoms with van der Waals surface area (Å²) in [7, 11) is 0. The molecule has 1 aliphatic rings. The maximum Gasteiger partial charge on any atom is 0.129 e. The molecule has 1 fully saturated rings. The lowest BCUT2D eigenvalue weighted by molar-refractivity contribution is 0.198. The third-order valence-corrected chi connectivity index (χ3v) is 3.82. The lowest BCUT2D eigenvalue weighted by Gasteiger charge is -2.30. The first-order valence-corrected chi connectivity index (χ1v) is 6.87. The normalized spacial score (nSPS) is 17.5. The maximum absolute atomic E-state index is 14.0. The van der Waals surface area contributed by atoms with Crippen molar-refractivity contribution in [2.24, 2.45) is 5.73 Å². The number of nitrogens with two attached hydrogens (primary N) is 1. The SMILES string of the molecule is CCN(C1CC1)C(CN)c1ccc(Br)cc1F. The van der Waals surface area contributed by atoms with Gasteiger partial charge in [0.05, 0.1) is 6.04 Å². The molecule has 2 rings (SSSR count). The van der Waals surface area contributed by atoms with Crippen LogP contribution in [0.3, 0.4) is 0 Å². The fourth-order valence-electron chi connectivity index (χ4n) is 2.35. The van der Waals surface area contributed by atoms with Crippen LogP contribution in [0, 0.1) is 5.82 Å². The molecule has 0 aliphatic heterocycles. The summed E-state index contributed by atoms with van der Waals surface area (Å²) in [5.74, 6) is -0.172. The van der Waals surface area contributed by atoms with Crippen LogP contribution >= 0.6 is 15.9 Å². The minimum atomic E-state index is -0.172. The van der Waals surface area contributed by atoms with E-state index < -0.39 is 0 Å². The predicted molar refractivity (Wildman–Crippen MR) is 71.3 cm³/mol. The molecule has 0 spiro atoms. The van der Waals surface area contributed by atoms with Crippen LogP contribution in [0.5, 0.6) is 0 Å². The van der Waals surface area contributed by atoms with Crippen molar-refractivity contribution in [3.05, 3.63) is 34.1 Å². The van der Waals surface area contributed by atoms with E-state index in [0.717, 1.165) is 11.0 Å². The molecule has 4 heteroatoms. The Balaban J connectivity index is 2.26. The molecule has 2 nitrogen and oxygen atoms in total. The summed E-state index contributed by atoms with van der Waals surface area (Å²) >= 11 is 3.28. The van der Waals surface area contributed by atoms with Crippen molar-refractivity contribution in [2.45, 2.75) is 31.8 Å². The Morgan fingerprint density at radius 1 is 1.53 bits per heavy atom. The van der Waals surface area contributed by atoms with E-state index in [1.807, 2.05) is 12.1 Å². The smallest absolute Gasteiger partial charge is 0.129 e. The average molecular weight is 301 g/mol. The van der Waals surface area contributed by atoms with Crippen LogP contribution in [-0.2, 0) is 0 Å². The molecule has 0 amide bonds. The van der Waals surface area contributed by atoms with E-state index in [0.29, 0.717) is 18.2 Å². The number of benzene rings is 1. The number of likely N-dealkylation sites (N-methyl/N-ethyl adjacent to an activating group) is 1. The molecule has 0 bridgehead atoms. The summed E-state index contributed by atoms with van der Waals surface area (Å²) < 4.78 is 14.7. The van der Waals surface area contributed by atoms with Crippen molar-refractivity contribution in [1.29, 1.82) is 0 Å². The zero-order valence-electron chi connectivity index (χ0n) is 10.00. The topological polar surface area (TPSA) is 29.3 Å². The van der Waals surface area contributed by atoms with E-state index in [2.05, 4.69) is 27.8 Å². The highest BCUT2D eigenvalue weighted by Gasteiger charge is 2.33. The van der Waals surface area contributed by atoms with Gasteiger partial charge in [0, 0.05) is 22.6 Å². The molecule has 94 valence electrons. The summed E-state index contributed by atoms with van der Waals surface area (Å²) in [4.78, 5) is 2.31. The zero-order chi connectivity index (χ0) is 12.4. The molecular weight excluding hydrogens is 283 g/mol. The minimum Gasteiger partial charge on any atom is -0.329 e. The van der Waals surface area contributed by atoms with Gasteiger partial charge in [0.2, 0.25) is 0 Å². The largest absolute Gasteiger partial charge is 0.329 e. The van der Waals surface area contributed by atoms with E-state index in [9.17, 15) is 4.39 Å². The van der Waals surface area contributed by atoms with Crippen LogP contribution < -0.4 is 5.73 Å². The Morgan fingerprint density at radius 3 is 2.71 bits per heavy atom. The van der Waals surface area contributed by atoms with Gasteiger partial charge >= 0.3 is 0 Å². The quantitative estimate of drug-likeness (QED) is 0.905. The van der Waals surface area contributed by atoms with Crippen molar-refractivity contribution in [2.75, 3.05) is 13.1 Å². The average Bonchev–Trinajstić information content (AvgIpc) is 3.11. The Morgan fingerprint density at radius 2 is 2.24 bits per heavy atom. The zero-order valence-corrected chi connectivity index (χ0v) is 11.6. The van der Waals surface area contributed by atoms with Gasteiger partial charge in [-0.25, -0.2) is 4.39 Å². The second-order valence-corrected chi connectivity index (χ2v) is 5.39. The monoisotopic (exact) mass is 300 g/mol. The predicted octanol–water partition coefficient (Wildman–Crippen LogP) is 3.07. The van der Waals surface area contributed by atoms with Crippen LogP contribution in [0.4, 0.5) is 4.39 Å². The number of nitrogens with zero attached hydrogens (tertiary/aromatic N) is 1. The number of hydrogen-bond acceptors (Lipinski definition) is 2. The first-order chi connectivity index (χ1) is 8.17. The highest BCUT2D eigenvalue weighted by molar-refractivity contribution is 9.10. The van der Waals surface area contributed by atoms with Crippen molar-refractivity contribution in [1.82, 2.24) is 4.90 Å². The lowest BCUT2D eigenvalue weighted by atomic mass is 10.0. The molecule has 1 saturated carbocycles.